The molecule has 2 nitrogen and oxygen atoms in total. The predicted molar refractivity (Wildman–Crippen MR) is 56.1 cm³/mol. The number of nitrogens with one attached hydrogen (secondary N) is 1. The van der Waals surface area contributed by atoms with Crippen LogP contribution in [0.2, 0.25) is 0 Å². The Morgan fingerprint density at radius 2 is 1.88 bits per heavy atom. The average molecular weight is 231 g/mol. The summed E-state index contributed by atoms with van der Waals surface area (Å²) in [5.41, 5.74) is 0.824. The van der Waals surface area contributed by atoms with Gasteiger partial charge in [-0.2, -0.15) is 0 Å². The molecule has 0 atom stereocenters. The molecular formula is C11H12F3NO. The van der Waals surface area contributed by atoms with Gasteiger partial charge < -0.3 is 10.1 Å². The van der Waals surface area contributed by atoms with Crippen LogP contribution in [0.3, 0.4) is 0 Å². The number of alkyl halides is 3. The number of benzene rings is 1. The van der Waals surface area contributed by atoms with Gasteiger partial charge in [-0.15, -0.1) is 13.2 Å². The van der Waals surface area contributed by atoms with E-state index in [2.05, 4.69) is 10.1 Å². The summed E-state index contributed by atoms with van der Waals surface area (Å²) in [4.78, 5) is 0. The lowest BCUT2D eigenvalue weighted by atomic mass is 10.2. The summed E-state index contributed by atoms with van der Waals surface area (Å²) in [6.45, 7) is 0.709. The monoisotopic (exact) mass is 231 g/mol. The van der Waals surface area contributed by atoms with Crippen LogP contribution in [0.25, 0.3) is 6.08 Å². The number of halogens is 3. The van der Waals surface area contributed by atoms with Crippen LogP contribution < -0.4 is 10.1 Å². The first-order valence-electron chi connectivity index (χ1n) is 4.68. The molecule has 0 unspecified atom stereocenters. The number of rotatable bonds is 4. The minimum atomic E-state index is -4.64. The molecule has 1 rings (SSSR count). The maximum absolute atomic E-state index is 11.8. The van der Waals surface area contributed by atoms with Crippen molar-refractivity contribution in [2.75, 3.05) is 13.6 Å². The van der Waals surface area contributed by atoms with E-state index >= 15 is 0 Å². The smallest absolute Gasteiger partial charge is 0.406 e. The van der Waals surface area contributed by atoms with E-state index in [0.717, 1.165) is 5.56 Å². The van der Waals surface area contributed by atoms with Crippen molar-refractivity contribution in [3.63, 3.8) is 0 Å². The van der Waals surface area contributed by atoms with E-state index in [4.69, 9.17) is 0 Å². The first kappa shape index (κ1) is 12.6. The second-order valence-corrected chi connectivity index (χ2v) is 3.08. The third-order valence-electron chi connectivity index (χ3n) is 1.75. The molecule has 0 amide bonds. The molecule has 0 saturated heterocycles. The molecule has 0 bridgehead atoms. The van der Waals surface area contributed by atoms with E-state index in [1.54, 1.807) is 12.1 Å². The molecule has 5 heteroatoms. The Hall–Kier alpha value is -1.49. The lowest BCUT2D eigenvalue weighted by Gasteiger charge is -2.08. The molecule has 0 heterocycles. The number of ether oxygens (including phenoxy) is 1. The molecule has 0 aliphatic carbocycles. The predicted octanol–water partition coefficient (Wildman–Crippen LogP) is 2.82. The van der Waals surface area contributed by atoms with Crippen LogP contribution >= 0.6 is 0 Å². The van der Waals surface area contributed by atoms with Gasteiger partial charge in [-0.1, -0.05) is 24.3 Å². The van der Waals surface area contributed by atoms with Gasteiger partial charge in [0.2, 0.25) is 0 Å². The van der Waals surface area contributed by atoms with Crippen molar-refractivity contribution in [3.8, 4) is 5.75 Å². The Balaban J connectivity index is 2.61. The molecule has 1 N–H and O–H groups in total. The van der Waals surface area contributed by atoms with Gasteiger partial charge in [0, 0.05) is 6.54 Å². The Morgan fingerprint density at radius 1 is 1.25 bits per heavy atom. The average Bonchev–Trinajstić information content (AvgIpc) is 2.19. The normalized spacial score (nSPS) is 12.0. The first-order valence-corrected chi connectivity index (χ1v) is 4.68. The van der Waals surface area contributed by atoms with Crippen molar-refractivity contribution < 1.29 is 17.9 Å². The van der Waals surface area contributed by atoms with E-state index in [1.165, 1.54) is 12.1 Å². The molecule has 0 saturated carbocycles. The quantitative estimate of drug-likeness (QED) is 0.860. The maximum atomic E-state index is 11.8. The SMILES string of the molecule is CNCC=Cc1ccc(OC(F)(F)F)cc1. The highest BCUT2D eigenvalue weighted by Crippen LogP contribution is 2.22. The van der Waals surface area contributed by atoms with Crippen molar-refractivity contribution in [1.29, 1.82) is 0 Å². The largest absolute Gasteiger partial charge is 0.573 e. The van der Waals surface area contributed by atoms with Gasteiger partial charge in [0.1, 0.15) is 5.75 Å². The third kappa shape index (κ3) is 4.84. The summed E-state index contributed by atoms with van der Waals surface area (Å²) in [6, 6.07) is 5.69. The summed E-state index contributed by atoms with van der Waals surface area (Å²) < 4.78 is 39.3. The molecule has 0 spiro atoms. The maximum Gasteiger partial charge on any atom is 0.573 e. The third-order valence-corrected chi connectivity index (χ3v) is 1.75. The van der Waals surface area contributed by atoms with Crippen LogP contribution in [-0.2, 0) is 0 Å². The van der Waals surface area contributed by atoms with Gasteiger partial charge >= 0.3 is 6.36 Å². The van der Waals surface area contributed by atoms with Gasteiger partial charge in [0.05, 0.1) is 0 Å². The van der Waals surface area contributed by atoms with E-state index in [9.17, 15) is 13.2 Å². The molecule has 0 aliphatic rings. The van der Waals surface area contributed by atoms with Gasteiger partial charge in [-0.05, 0) is 24.7 Å². The fourth-order valence-electron chi connectivity index (χ4n) is 1.09. The summed E-state index contributed by atoms with van der Waals surface area (Å²) in [6.07, 6.45) is -0.947. The van der Waals surface area contributed by atoms with E-state index in [0.29, 0.717) is 6.54 Å². The summed E-state index contributed by atoms with van der Waals surface area (Å²) in [5.74, 6) is -0.210. The molecule has 0 aromatic heterocycles. The topological polar surface area (TPSA) is 21.3 Å². The molecular weight excluding hydrogens is 219 g/mol. The van der Waals surface area contributed by atoms with Crippen LogP contribution in [0.15, 0.2) is 30.3 Å². The fourth-order valence-corrected chi connectivity index (χ4v) is 1.09. The Labute approximate surface area is 91.7 Å². The Morgan fingerprint density at radius 3 is 2.38 bits per heavy atom. The second-order valence-electron chi connectivity index (χ2n) is 3.08. The van der Waals surface area contributed by atoms with Crippen LogP contribution in [0, 0.1) is 0 Å². The minimum Gasteiger partial charge on any atom is -0.406 e. The van der Waals surface area contributed by atoms with Gasteiger partial charge in [-0.25, -0.2) is 0 Å². The zero-order valence-corrected chi connectivity index (χ0v) is 8.71. The van der Waals surface area contributed by atoms with Crippen molar-refractivity contribution in [3.05, 3.63) is 35.9 Å². The number of hydrogen-bond donors (Lipinski definition) is 1. The van der Waals surface area contributed by atoms with Crippen LogP contribution in [0.5, 0.6) is 5.75 Å². The lowest BCUT2D eigenvalue weighted by Crippen LogP contribution is -2.16. The standard InChI is InChI=1S/C11H12F3NO/c1-15-8-2-3-9-4-6-10(7-5-9)16-11(12,13)14/h2-7,15H,8H2,1H3. The Bertz CT molecular complexity index is 343. The second kappa shape index (κ2) is 5.55. The van der Waals surface area contributed by atoms with E-state index < -0.39 is 6.36 Å². The van der Waals surface area contributed by atoms with Crippen LogP contribution in [-0.4, -0.2) is 20.0 Å². The molecule has 88 valence electrons. The van der Waals surface area contributed by atoms with Crippen molar-refractivity contribution >= 4 is 6.08 Å². The molecule has 0 aliphatic heterocycles. The minimum absolute atomic E-state index is 0.210. The highest BCUT2D eigenvalue weighted by Gasteiger charge is 2.30. The zero-order chi connectivity index (χ0) is 12.0. The van der Waals surface area contributed by atoms with Gasteiger partial charge in [0.25, 0.3) is 0 Å². The summed E-state index contributed by atoms with van der Waals surface area (Å²) in [7, 11) is 1.81. The fraction of sp³-hybridized carbons (Fsp3) is 0.273. The van der Waals surface area contributed by atoms with Crippen LogP contribution in [0.1, 0.15) is 5.56 Å². The highest BCUT2D eigenvalue weighted by atomic mass is 19.4. The van der Waals surface area contributed by atoms with Crippen molar-refractivity contribution in [1.82, 2.24) is 5.32 Å². The summed E-state index contributed by atoms with van der Waals surface area (Å²) >= 11 is 0. The van der Waals surface area contributed by atoms with Crippen molar-refractivity contribution in [2.24, 2.45) is 0 Å². The highest BCUT2D eigenvalue weighted by molar-refractivity contribution is 5.50. The van der Waals surface area contributed by atoms with Gasteiger partial charge in [0.15, 0.2) is 0 Å². The zero-order valence-electron chi connectivity index (χ0n) is 8.71. The first-order chi connectivity index (χ1) is 7.51. The molecule has 16 heavy (non-hydrogen) atoms. The van der Waals surface area contributed by atoms with Crippen molar-refractivity contribution in [2.45, 2.75) is 6.36 Å². The number of hydrogen-bond acceptors (Lipinski definition) is 2. The number of likely N-dealkylation sites (N-methyl/N-ethyl adjacent to an activating group) is 1. The molecule has 0 fully saturated rings. The lowest BCUT2D eigenvalue weighted by molar-refractivity contribution is -0.274. The Kier molecular flexibility index (Phi) is 4.37. The van der Waals surface area contributed by atoms with E-state index in [-0.39, 0.29) is 5.75 Å². The van der Waals surface area contributed by atoms with Gasteiger partial charge in [-0.3, -0.25) is 0 Å². The van der Waals surface area contributed by atoms with E-state index in [1.807, 2.05) is 19.2 Å². The molecule has 1 aromatic rings. The molecule has 0 radical (unpaired) electrons. The molecule has 1 aromatic carbocycles. The summed E-state index contributed by atoms with van der Waals surface area (Å²) in [5, 5.41) is 2.92. The van der Waals surface area contributed by atoms with Crippen LogP contribution in [0.4, 0.5) is 13.2 Å².